The zero-order chi connectivity index (χ0) is 24.0. The Morgan fingerprint density at radius 3 is 2.39 bits per heavy atom. The van der Waals surface area contributed by atoms with Crippen molar-refractivity contribution < 1.29 is 33.4 Å². The average molecular weight is 471 g/mol. The molecule has 0 fully saturated rings. The molecular formula is C22H21N3O7S. The van der Waals surface area contributed by atoms with Gasteiger partial charge in [-0.3, -0.25) is 4.79 Å². The number of carbonyl (C=O) groups is 4. The summed E-state index contributed by atoms with van der Waals surface area (Å²) in [6.07, 6.45) is 3.30. The Morgan fingerprint density at radius 2 is 1.79 bits per heavy atom. The monoisotopic (exact) mass is 471 g/mol. The predicted octanol–water partition coefficient (Wildman–Crippen LogP) is 3.21. The number of carbonyl (C=O) groups excluding carboxylic acids is 4. The van der Waals surface area contributed by atoms with Crippen LogP contribution in [-0.4, -0.2) is 54.1 Å². The Hall–Kier alpha value is -3.99. The van der Waals surface area contributed by atoms with Gasteiger partial charge in [0.05, 0.1) is 24.8 Å². The first-order valence-corrected chi connectivity index (χ1v) is 10.6. The van der Waals surface area contributed by atoms with E-state index in [1.54, 1.807) is 50.5 Å². The van der Waals surface area contributed by atoms with E-state index >= 15 is 0 Å². The SMILES string of the molecule is CCOC(=O)c1sc(NC(=O)COC(=O)c2ccc(-c3ncc[nH]3)cc2)c(C(=O)OC)c1C. The maximum Gasteiger partial charge on any atom is 0.348 e. The number of anilines is 1. The number of aromatic nitrogens is 2. The van der Waals surface area contributed by atoms with Gasteiger partial charge in [-0.15, -0.1) is 11.3 Å². The van der Waals surface area contributed by atoms with E-state index < -0.39 is 30.4 Å². The molecule has 2 aromatic heterocycles. The van der Waals surface area contributed by atoms with Crippen molar-refractivity contribution in [2.75, 3.05) is 25.6 Å². The molecule has 1 amide bonds. The van der Waals surface area contributed by atoms with Gasteiger partial charge in [0.1, 0.15) is 15.7 Å². The number of methoxy groups -OCH3 is 1. The van der Waals surface area contributed by atoms with Crippen molar-refractivity contribution in [2.45, 2.75) is 13.8 Å². The van der Waals surface area contributed by atoms with Crippen molar-refractivity contribution in [3.63, 3.8) is 0 Å². The second-order valence-electron chi connectivity index (χ2n) is 6.61. The number of H-pyrrole nitrogens is 1. The summed E-state index contributed by atoms with van der Waals surface area (Å²) in [6.45, 7) is 2.77. The lowest BCUT2D eigenvalue weighted by molar-refractivity contribution is -0.119. The van der Waals surface area contributed by atoms with Crippen LogP contribution in [-0.2, 0) is 19.0 Å². The molecule has 0 saturated heterocycles. The fourth-order valence-corrected chi connectivity index (χ4v) is 4.01. The quantitative estimate of drug-likeness (QED) is 0.377. The van der Waals surface area contributed by atoms with Gasteiger partial charge >= 0.3 is 17.9 Å². The lowest BCUT2D eigenvalue weighted by Gasteiger charge is -2.07. The Balaban J connectivity index is 1.66. The largest absolute Gasteiger partial charge is 0.465 e. The van der Waals surface area contributed by atoms with Gasteiger partial charge in [0, 0.05) is 18.0 Å². The van der Waals surface area contributed by atoms with Crippen molar-refractivity contribution in [2.24, 2.45) is 0 Å². The van der Waals surface area contributed by atoms with E-state index in [2.05, 4.69) is 15.3 Å². The predicted molar refractivity (Wildman–Crippen MR) is 119 cm³/mol. The zero-order valence-corrected chi connectivity index (χ0v) is 18.9. The second-order valence-corrected chi connectivity index (χ2v) is 7.63. The van der Waals surface area contributed by atoms with E-state index in [-0.39, 0.29) is 27.6 Å². The molecule has 11 heteroatoms. The number of amides is 1. The van der Waals surface area contributed by atoms with Crippen LogP contribution >= 0.6 is 11.3 Å². The first-order valence-electron chi connectivity index (χ1n) is 9.81. The molecule has 0 aliphatic rings. The molecule has 0 aliphatic heterocycles. The Labute approximate surface area is 192 Å². The van der Waals surface area contributed by atoms with Gasteiger partial charge in [-0.2, -0.15) is 0 Å². The van der Waals surface area contributed by atoms with Crippen LogP contribution in [0, 0.1) is 6.92 Å². The highest BCUT2D eigenvalue weighted by Crippen LogP contribution is 2.34. The molecule has 0 unspecified atom stereocenters. The van der Waals surface area contributed by atoms with Crippen molar-refractivity contribution in [3.8, 4) is 11.4 Å². The highest BCUT2D eigenvalue weighted by atomic mass is 32.1. The standard InChI is InChI=1S/C22H21N3O7S/c1-4-31-22(29)17-12(2)16(21(28)30-3)19(33-17)25-15(26)11-32-20(27)14-7-5-13(6-8-14)18-23-9-10-24-18/h5-10H,4,11H2,1-3H3,(H,23,24)(H,25,26). The third-order valence-corrected chi connectivity index (χ3v) is 5.66. The van der Waals surface area contributed by atoms with Crippen LogP contribution in [0.2, 0.25) is 0 Å². The summed E-state index contributed by atoms with van der Waals surface area (Å²) >= 11 is 0.880. The molecule has 0 spiro atoms. The lowest BCUT2D eigenvalue weighted by atomic mass is 10.1. The number of imidazole rings is 1. The number of nitrogens with one attached hydrogen (secondary N) is 2. The topological polar surface area (TPSA) is 137 Å². The maximum absolute atomic E-state index is 12.4. The van der Waals surface area contributed by atoms with Crippen LogP contribution in [0.15, 0.2) is 36.7 Å². The minimum Gasteiger partial charge on any atom is -0.465 e. The minimum atomic E-state index is -0.719. The number of nitrogens with zero attached hydrogens (tertiary/aromatic N) is 1. The van der Waals surface area contributed by atoms with Crippen molar-refractivity contribution in [1.29, 1.82) is 0 Å². The minimum absolute atomic E-state index is 0.0405. The Bertz CT molecular complexity index is 1170. The molecule has 172 valence electrons. The summed E-state index contributed by atoms with van der Waals surface area (Å²) in [7, 11) is 1.19. The average Bonchev–Trinajstić information content (AvgIpc) is 3.46. The van der Waals surface area contributed by atoms with Gasteiger partial charge in [0.25, 0.3) is 5.91 Å². The fourth-order valence-electron chi connectivity index (χ4n) is 2.91. The molecule has 3 rings (SSSR count). The number of thiophene rings is 1. The van der Waals surface area contributed by atoms with Crippen LogP contribution in [0.3, 0.4) is 0 Å². The number of ether oxygens (including phenoxy) is 3. The number of benzene rings is 1. The molecule has 2 heterocycles. The number of hydrogen-bond donors (Lipinski definition) is 2. The molecule has 0 saturated carbocycles. The normalized spacial score (nSPS) is 10.4. The number of hydrogen-bond acceptors (Lipinski definition) is 9. The summed E-state index contributed by atoms with van der Waals surface area (Å²) in [5.41, 5.74) is 1.41. The third-order valence-electron chi connectivity index (χ3n) is 4.48. The molecular weight excluding hydrogens is 450 g/mol. The summed E-state index contributed by atoms with van der Waals surface area (Å²) in [6, 6.07) is 6.51. The molecule has 0 bridgehead atoms. The van der Waals surface area contributed by atoms with E-state index in [1.807, 2.05) is 0 Å². The first kappa shape index (κ1) is 23.7. The molecule has 0 atom stereocenters. The van der Waals surface area contributed by atoms with E-state index in [9.17, 15) is 19.2 Å². The van der Waals surface area contributed by atoms with Crippen LogP contribution < -0.4 is 5.32 Å². The molecule has 10 nitrogen and oxygen atoms in total. The summed E-state index contributed by atoms with van der Waals surface area (Å²) in [4.78, 5) is 56.2. The highest BCUT2D eigenvalue weighted by molar-refractivity contribution is 7.18. The van der Waals surface area contributed by atoms with Gasteiger partial charge in [0.15, 0.2) is 6.61 Å². The highest BCUT2D eigenvalue weighted by Gasteiger charge is 2.27. The summed E-state index contributed by atoms with van der Waals surface area (Å²) < 4.78 is 14.8. The second kappa shape index (κ2) is 10.6. The van der Waals surface area contributed by atoms with E-state index in [1.165, 1.54) is 7.11 Å². The number of esters is 3. The van der Waals surface area contributed by atoms with Gasteiger partial charge in [-0.05, 0) is 31.5 Å². The van der Waals surface area contributed by atoms with E-state index in [0.717, 1.165) is 16.9 Å². The zero-order valence-electron chi connectivity index (χ0n) is 18.1. The fraction of sp³-hybridized carbons (Fsp3) is 0.227. The van der Waals surface area contributed by atoms with Crippen LogP contribution in [0.25, 0.3) is 11.4 Å². The van der Waals surface area contributed by atoms with Crippen molar-refractivity contribution in [1.82, 2.24) is 9.97 Å². The molecule has 2 N–H and O–H groups in total. The van der Waals surface area contributed by atoms with Crippen LogP contribution in [0.5, 0.6) is 0 Å². The van der Waals surface area contributed by atoms with Crippen molar-refractivity contribution >= 4 is 40.2 Å². The van der Waals surface area contributed by atoms with Gasteiger partial charge in [-0.1, -0.05) is 12.1 Å². The summed E-state index contributed by atoms with van der Waals surface area (Å²) in [5.74, 6) is -2.06. The Morgan fingerprint density at radius 1 is 1.06 bits per heavy atom. The number of rotatable bonds is 8. The summed E-state index contributed by atoms with van der Waals surface area (Å²) in [5, 5.41) is 2.60. The smallest absolute Gasteiger partial charge is 0.348 e. The maximum atomic E-state index is 12.4. The van der Waals surface area contributed by atoms with Gasteiger partial charge in [0.2, 0.25) is 0 Å². The molecule has 1 aromatic carbocycles. The van der Waals surface area contributed by atoms with Crippen LogP contribution in [0.1, 0.15) is 42.9 Å². The van der Waals surface area contributed by atoms with Gasteiger partial charge in [-0.25, -0.2) is 19.4 Å². The third kappa shape index (κ3) is 5.44. The molecule has 0 radical (unpaired) electrons. The van der Waals surface area contributed by atoms with E-state index in [0.29, 0.717) is 11.4 Å². The molecule has 33 heavy (non-hydrogen) atoms. The number of aromatic amines is 1. The van der Waals surface area contributed by atoms with Crippen molar-refractivity contribution in [3.05, 3.63) is 58.2 Å². The van der Waals surface area contributed by atoms with Gasteiger partial charge < -0.3 is 24.5 Å². The Kier molecular flexibility index (Phi) is 7.57. The lowest BCUT2D eigenvalue weighted by Crippen LogP contribution is -2.21. The first-order chi connectivity index (χ1) is 15.8. The molecule has 0 aliphatic carbocycles. The van der Waals surface area contributed by atoms with E-state index in [4.69, 9.17) is 14.2 Å². The molecule has 3 aromatic rings. The van der Waals surface area contributed by atoms with Crippen LogP contribution in [0.4, 0.5) is 5.00 Å².